The quantitative estimate of drug-likeness (QED) is 0.0224. The second kappa shape index (κ2) is 65.6. The zero-order chi connectivity index (χ0) is 89.7. The minimum absolute atomic E-state index is 0.00239. The zero-order valence-corrected chi connectivity index (χ0v) is 72.1. The minimum Gasteiger partial charge on any atom is -0.481 e. The number of carbonyl (C=O) groups is 14. The van der Waals surface area contributed by atoms with E-state index in [0.29, 0.717) is 12.8 Å². The topological polar surface area (TPSA) is 537 Å². The highest BCUT2D eigenvalue weighted by Gasteiger charge is 2.46. The number of carboxylic acids is 1. The van der Waals surface area contributed by atoms with Crippen LogP contribution in [0.4, 0.5) is 0 Å². The first-order valence-corrected chi connectivity index (χ1v) is 41.5. The largest absolute Gasteiger partial charge is 0.481 e. The van der Waals surface area contributed by atoms with Gasteiger partial charge in [0, 0.05) is 133 Å². The number of ether oxygens (including phenoxy) is 21. The van der Waals surface area contributed by atoms with E-state index in [4.69, 9.17) is 105 Å². The Morgan fingerprint density at radius 3 is 0.852 bits per heavy atom. The maximum atomic E-state index is 13.9. The summed E-state index contributed by atoms with van der Waals surface area (Å²) in [4.78, 5) is 171. The van der Waals surface area contributed by atoms with Crippen LogP contribution in [0.1, 0.15) is 165 Å². The molecule has 0 saturated carbocycles. The third kappa shape index (κ3) is 53.9. The fourth-order valence-electron chi connectivity index (χ4n) is 12.5. The van der Waals surface area contributed by atoms with Gasteiger partial charge < -0.3 is 142 Å². The number of amides is 7. The summed E-state index contributed by atoms with van der Waals surface area (Å²) >= 11 is 0. The van der Waals surface area contributed by atoms with Crippen LogP contribution in [-0.4, -0.2) is 346 Å². The van der Waals surface area contributed by atoms with Gasteiger partial charge in [0.25, 0.3) is 0 Å². The van der Waals surface area contributed by atoms with Crippen LogP contribution in [-0.2, 0) is 167 Å². The van der Waals surface area contributed by atoms with Crippen molar-refractivity contribution < 1.29 is 172 Å². The molecule has 700 valence electrons. The lowest BCUT2D eigenvalue weighted by Gasteiger charge is -2.40. The van der Waals surface area contributed by atoms with E-state index in [1.54, 1.807) is 0 Å². The second-order valence-electron chi connectivity index (χ2n) is 28.9. The molecule has 0 aromatic heterocycles. The molecular weight excluding hydrogens is 1620 g/mol. The molecule has 3 aliphatic rings. The summed E-state index contributed by atoms with van der Waals surface area (Å²) in [5.74, 6) is -6.96. The van der Waals surface area contributed by atoms with Gasteiger partial charge >= 0.3 is 41.8 Å². The Bertz CT molecular complexity index is 2810. The van der Waals surface area contributed by atoms with E-state index in [1.165, 1.54) is 62.3 Å². The number of hydrogen-bond acceptors (Lipinski definition) is 35. The molecule has 3 fully saturated rings. The number of nitrogens with one attached hydrogen (secondary N) is 7. The number of rotatable bonds is 69. The standard InChI is InChI=1S/C79H133N7O36/c1-53(87)83-73-65(117-59(7)93)44-62(47-114-56(4)90)120-76(73)111-41-38-105-35-32-102-29-23-80-68(96)20-26-108-50-79(86-71(99)18-16-14-12-10-11-13-15-17-19-72(100)101,51-109-27-21-69(97)81-24-30-103-33-36-106-39-42-112-77-74(84-54(2)88)66(118-60(8)94)45-63(121-77)48-115-57(5)91)52-110-28-22-70(98)82-25-31-104-34-37-107-40-43-113-78-75(85-55(3)89)67(119-61(9)95)46-64(122-78)49-116-58(6)92/h62-67,73-78H,10-52H2,1-9H3,(H,80,96)(H,81,97)(H,82,98)(H,83,87)(H,84,88)(H,85,89)(H,86,99)(H,100,101). The van der Waals surface area contributed by atoms with Gasteiger partial charge in [-0.1, -0.05) is 38.5 Å². The minimum atomic E-state index is -1.42. The number of carbonyl (C=O) groups excluding carboxylic acids is 13. The lowest BCUT2D eigenvalue weighted by atomic mass is 9.99. The monoisotopic (exact) mass is 1760 g/mol. The van der Waals surface area contributed by atoms with E-state index in [9.17, 15) is 67.1 Å². The van der Waals surface area contributed by atoms with Crippen molar-refractivity contribution >= 4 is 83.1 Å². The van der Waals surface area contributed by atoms with Crippen LogP contribution < -0.4 is 37.2 Å². The molecule has 43 heteroatoms. The van der Waals surface area contributed by atoms with Crippen molar-refractivity contribution in [3.05, 3.63) is 0 Å². The van der Waals surface area contributed by atoms with E-state index < -0.39 is 139 Å². The third-order valence-corrected chi connectivity index (χ3v) is 17.9. The molecule has 7 amide bonds. The van der Waals surface area contributed by atoms with Crippen molar-refractivity contribution in [2.24, 2.45) is 0 Å². The van der Waals surface area contributed by atoms with Gasteiger partial charge in [-0.3, -0.25) is 67.1 Å². The number of esters is 6. The highest BCUT2D eigenvalue weighted by Crippen LogP contribution is 2.28. The molecule has 0 aromatic carbocycles. The summed E-state index contributed by atoms with van der Waals surface area (Å²) in [5.41, 5.74) is -1.42. The fourth-order valence-corrected chi connectivity index (χ4v) is 12.5. The molecule has 0 aliphatic carbocycles. The van der Waals surface area contributed by atoms with Crippen molar-refractivity contribution in [2.45, 2.75) is 244 Å². The van der Waals surface area contributed by atoms with E-state index in [2.05, 4.69) is 37.2 Å². The highest BCUT2D eigenvalue weighted by molar-refractivity contribution is 5.78. The van der Waals surface area contributed by atoms with Crippen LogP contribution in [0.3, 0.4) is 0 Å². The Labute approximate surface area is 711 Å². The van der Waals surface area contributed by atoms with Gasteiger partial charge in [-0.2, -0.15) is 0 Å². The SMILES string of the molecule is CC(=O)NC1C(OC(C)=O)CC(COC(C)=O)OC1OCCOCCOCCNC(=O)CCOCC(COCCC(=O)NCCOCCOCCOC1OC(COC(C)=O)CC(OC(C)=O)C1NC(C)=O)(COCCC(=O)NCCOCCOCCOC1OC(COC(C)=O)CC(OC(C)=O)C1NC(C)=O)NC(=O)CCCCCCCCCCC(=O)O. The van der Waals surface area contributed by atoms with E-state index in [-0.39, 0.29) is 253 Å². The van der Waals surface area contributed by atoms with Crippen molar-refractivity contribution in [3.63, 3.8) is 0 Å². The molecule has 0 spiro atoms. The molecule has 43 nitrogen and oxygen atoms in total. The smallest absolute Gasteiger partial charge is 0.303 e. The molecule has 12 atom stereocenters. The van der Waals surface area contributed by atoms with E-state index in [1.807, 2.05) is 0 Å². The summed E-state index contributed by atoms with van der Waals surface area (Å²) in [6, 6.07) is -2.60. The first-order valence-electron chi connectivity index (χ1n) is 41.5. The fraction of sp³-hybridized carbons (Fsp3) is 0.823. The van der Waals surface area contributed by atoms with Crippen LogP contribution in [0.2, 0.25) is 0 Å². The van der Waals surface area contributed by atoms with Gasteiger partial charge in [0.1, 0.15) is 61.8 Å². The maximum absolute atomic E-state index is 13.9. The van der Waals surface area contributed by atoms with Gasteiger partial charge in [-0.25, -0.2) is 0 Å². The molecule has 122 heavy (non-hydrogen) atoms. The van der Waals surface area contributed by atoms with Crippen LogP contribution in [0.25, 0.3) is 0 Å². The van der Waals surface area contributed by atoms with Crippen molar-refractivity contribution in [1.29, 1.82) is 0 Å². The average Bonchev–Trinajstić information content (AvgIpc) is 0.830. The van der Waals surface area contributed by atoms with E-state index in [0.717, 1.165) is 38.5 Å². The number of hydrogen-bond donors (Lipinski definition) is 8. The molecule has 0 aromatic rings. The first kappa shape index (κ1) is 108. The Morgan fingerprint density at radius 1 is 0.311 bits per heavy atom. The summed E-state index contributed by atoms with van der Waals surface area (Å²) in [5, 5.41) is 28.4. The average molecular weight is 1760 g/mol. The molecule has 3 saturated heterocycles. The van der Waals surface area contributed by atoms with Gasteiger partial charge in [-0.05, 0) is 12.8 Å². The first-order chi connectivity index (χ1) is 58.4. The zero-order valence-electron chi connectivity index (χ0n) is 72.1. The van der Waals surface area contributed by atoms with E-state index >= 15 is 0 Å². The molecule has 0 radical (unpaired) electrons. The van der Waals surface area contributed by atoms with Crippen molar-refractivity contribution in [2.75, 3.05) is 178 Å². The molecule has 12 unspecified atom stereocenters. The van der Waals surface area contributed by atoms with Crippen LogP contribution in [0, 0.1) is 0 Å². The van der Waals surface area contributed by atoms with Crippen molar-refractivity contribution in [1.82, 2.24) is 37.2 Å². The molecule has 3 aliphatic heterocycles. The van der Waals surface area contributed by atoms with Crippen LogP contribution >= 0.6 is 0 Å². The van der Waals surface area contributed by atoms with Crippen molar-refractivity contribution in [3.8, 4) is 0 Å². The number of carboxylic acid groups (broad SMARTS) is 1. The number of aliphatic carboxylic acids is 1. The Morgan fingerprint density at radius 2 is 0.582 bits per heavy atom. The van der Waals surface area contributed by atoms with Gasteiger partial charge in [0.05, 0.1) is 157 Å². The van der Waals surface area contributed by atoms with Crippen LogP contribution in [0.5, 0.6) is 0 Å². The lowest BCUT2D eigenvalue weighted by Crippen LogP contribution is -2.59. The molecule has 0 bridgehead atoms. The third-order valence-electron chi connectivity index (χ3n) is 17.9. The molecule has 3 rings (SSSR count). The Balaban J connectivity index is 1.59. The Hall–Kier alpha value is -8.02. The molecule has 8 N–H and O–H groups in total. The maximum Gasteiger partial charge on any atom is 0.303 e. The van der Waals surface area contributed by atoms with Gasteiger partial charge in [-0.15, -0.1) is 0 Å². The number of unbranched alkanes of at least 4 members (excludes halogenated alkanes) is 7. The summed E-state index contributed by atoms with van der Waals surface area (Å²) in [6.07, 6.45) is -1.29. The van der Waals surface area contributed by atoms with Gasteiger partial charge in [0.15, 0.2) is 18.9 Å². The summed E-state index contributed by atoms with van der Waals surface area (Å²) in [7, 11) is 0. The molecule has 3 heterocycles. The predicted octanol–water partition coefficient (Wildman–Crippen LogP) is -0.111. The second-order valence-corrected chi connectivity index (χ2v) is 28.9. The highest BCUT2D eigenvalue weighted by atomic mass is 16.7. The lowest BCUT2D eigenvalue weighted by molar-refractivity contribution is -0.245. The van der Waals surface area contributed by atoms with Crippen LogP contribution in [0.15, 0.2) is 0 Å². The summed E-state index contributed by atoms with van der Waals surface area (Å²) in [6.45, 7) is 11.6. The Kier molecular flexibility index (Phi) is 58.1. The normalized spacial score (nSPS) is 21.1. The molecular formula is C79H133N7O36. The summed E-state index contributed by atoms with van der Waals surface area (Å²) < 4.78 is 119. The van der Waals surface area contributed by atoms with Gasteiger partial charge in [0.2, 0.25) is 41.4 Å². The predicted molar refractivity (Wildman–Crippen MR) is 422 cm³/mol.